The molecule has 0 heterocycles. The number of nitrogens with two attached hydrogens (primary N) is 1. The maximum atomic E-state index is 11.9. The van der Waals surface area contributed by atoms with Gasteiger partial charge in [0.25, 0.3) is 5.91 Å². The summed E-state index contributed by atoms with van der Waals surface area (Å²) >= 11 is 6.10. The first kappa shape index (κ1) is 17.8. The molecule has 6 heteroatoms. The lowest BCUT2D eigenvalue weighted by Gasteiger charge is -2.10. The Balaban J connectivity index is 1.84. The van der Waals surface area contributed by atoms with Crippen LogP contribution in [0, 0.1) is 13.8 Å². The SMILES string of the molecule is Cc1cc(OCC(=O)NCc2ccc(C(N)=O)cc2)cc(C)c1Cl. The number of benzene rings is 2. The highest BCUT2D eigenvalue weighted by atomic mass is 35.5. The highest BCUT2D eigenvalue weighted by Crippen LogP contribution is 2.25. The lowest BCUT2D eigenvalue weighted by atomic mass is 10.1. The number of carbonyl (C=O) groups is 2. The molecule has 0 aromatic heterocycles. The molecule has 0 aliphatic heterocycles. The molecule has 3 N–H and O–H groups in total. The molecule has 5 nitrogen and oxygen atoms in total. The van der Waals surface area contributed by atoms with Gasteiger partial charge in [-0.15, -0.1) is 0 Å². The number of aryl methyl sites for hydroxylation is 2. The predicted molar refractivity (Wildman–Crippen MR) is 93.2 cm³/mol. The zero-order chi connectivity index (χ0) is 17.7. The Morgan fingerprint density at radius 2 is 1.71 bits per heavy atom. The van der Waals surface area contributed by atoms with Crippen molar-refractivity contribution < 1.29 is 14.3 Å². The maximum Gasteiger partial charge on any atom is 0.258 e. The summed E-state index contributed by atoms with van der Waals surface area (Å²) in [6.07, 6.45) is 0. The molecule has 126 valence electrons. The van der Waals surface area contributed by atoms with Gasteiger partial charge < -0.3 is 15.8 Å². The van der Waals surface area contributed by atoms with Gasteiger partial charge in [0.15, 0.2) is 6.61 Å². The molecule has 2 aromatic carbocycles. The molecule has 0 aliphatic rings. The number of ether oxygens (including phenoxy) is 1. The van der Waals surface area contributed by atoms with Crippen LogP contribution >= 0.6 is 11.6 Å². The molecule has 0 unspecified atom stereocenters. The average molecular weight is 347 g/mol. The molecule has 2 rings (SSSR count). The Bertz CT molecular complexity index is 734. The van der Waals surface area contributed by atoms with Crippen molar-refractivity contribution in [3.8, 4) is 5.75 Å². The summed E-state index contributed by atoms with van der Waals surface area (Å²) in [5.41, 5.74) is 8.29. The van der Waals surface area contributed by atoms with Crippen LogP contribution < -0.4 is 15.8 Å². The van der Waals surface area contributed by atoms with Crippen LogP contribution in [0.15, 0.2) is 36.4 Å². The quantitative estimate of drug-likeness (QED) is 0.843. The van der Waals surface area contributed by atoms with Crippen LogP contribution in [0.5, 0.6) is 5.75 Å². The van der Waals surface area contributed by atoms with E-state index in [2.05, 4.69) is 5.32 Å². The van der Waals surface area contributed by atoms with Crippen LogP contribution in [0.1, 0.15) is 27.0 Å². The van der Waals surface area contributed by atoms with Gasteiger partial charge in [-0.1, -0.05) is 23.7 Å². The Labute approximate surface area is 145 Å². The molecule has 2 aromatic rings. The van der Waals surface area contributed by atoms with E-state index in [-0.39, 0.29) is 12.5 Å². The van der Waals surface area contributed by atoms with Crippen LogP contribution in [0.3, 0.4) is 0 Å². The number of amides is 2. The highest BCUT2D eigenvalue weighted by molar-refractivity contribution is 6.32. The molecule has 0 saturated heterocycles. The van der Waals surface area contributed by atoms with E-state index >= 15 is 0 Å². The Morgan fingerprint density at radius 3 is 2.25 bits per heavy atom. The summed E-state index contributed by atoms with van der Waals surface area (Å²) in [5, 5.41) is 3.45. The molecule has 0 fully saturated rings. The number of rotatable bonds is 6. The lowest BCUT2D eigenvalue weighted by molar-refractivity contribution is -0.123. The number of hydrogen-bond acceptors (Lipinski definition) is 3. The van der Waals surface area contributed by atoms with Crippen molar-refractivity contribution in [2.75, 3.05) is 6.61 Å². The van der Waals surface area contributed by atoms with Crippen molar-refractivity contribution in [3.05, 3.63) is 63.7 Å². The van der Waals surface area contributed by atoms with Gasteiger partial charge in [0.2, 0.25) is 5.91 Å². The maximum absolute atomic E-state index is 11.9. The summed E-state index contributed by atoms with van der Waals surface area (Å²) in [4.78, 5) is 22.9. The van der Waals surface area contributed by atoms with E-state index in [0.717, 1.165) is 16.7 Å². The number of nitrogens with one attached hydrogen (secondary N) is 1. The first-order chi connectivity index (χ1) is 11.4. The van der Waals surface area contributed by atoms with Gasteiger partial charge in [0, 0.05) is 17.1 Å². The number of halogens is 1. The highest BCUT2D eigenvalue weighted by Gasteiger charge is 2.07. The van der Waals surface area contributed by atoms with E-state index in [9.17, 15) is 9.59 Å². The van der Waals surface area contributed by atoms with Gasteiger partial charge >= 0.3 is 0 Å². The number of hydrogen-bond donors (Lipinski definition) is 2. The molecule has 0 atom stereocenters. The Hall–Kier alpha value is -2.53. The molecule has 0 radical (unpaired) electrons. The summed E-state index contributed by atoms with van der Waals surface area (Å²) in [5.74, 6) is -0.109. The zero-order valence-corrected chi connectivity index (χ0v) is 14.3. The predicted octanol–water partition coefficient (Wildman–Crippen LogP) is 2.75. The summed E-state index contributed by atoms with van der Waals surface area (Å²) in [6, 6.07) is 10.3. The first-order valence-corrected chi connectivity index (χ1v) is 7.79. The monoisotopic (exact) mass is 346 g/mol. The molecular formula is C18H19ClN2O3. The third-order valence-corrected chi connectivity index (χ3v) is 4.10. The van der Waals surface area contributed by atoms with E-state index in [1.54, 1.807) is 36.4 Å². The standard InChI is InChI=1S/C18H19ClN2O3/c1-11-7-15(8-12(2)17(11)19)24-10-16(22)21-9-13-3-5-14(6-4-13)18(20)23/h3-8H,9-10H2,1-2H3,(H2,20,23)(H,21,22). The first-order valence-electron chi connectivity index (χ1n) is 7.42. The topological polar surface area (TPSA) is 81.4 Å². The van der Waals surface area contributed by atoms with Crippen molar-refractivity contribution in [2.24, 2.45) is 5.73 Å². The second-order valence-corrected chi connectivity index (χ2v) is 5.88. The van der Waals surface area contributed by atoms with Gasteiger partial charge in [-0.2, -0.15) is 0 Å². The largest absolute Gasteiger partial charge is 0.484 e. The van der Waals surface area contributed by atoms with Crippen LogP contribution in [-0.2, 0) is 11.3 Å². The fourth-order valence-corrected chi connectivity index (χ4v) is 2.29. The van der Waals surface area contributed by atoms with Crippen LogP contribution in [0.25, 0.3) is 0 Å². The van der Waals surface area contributed by atoms with Crippen LogP contribution in [0.2, 0.25) is 5.02 Å². The van der Waals surface area contributed by atoms with E-state index in [1.165, 1.54) is 0 Å². The molecule has 0 aliphatic carbocycles. The van der Waals surface area contributed by atoms with E-state index in [0.29, 0.717) is 22.9 Å². The normalized spacial score (nSPS) is 10.3. The Kier molecular flexibility index (Phi) is 5.82. The van der Waals surface area contributed by atoms with Crippen molar-refractivity contribution in [3.63, 3.8) is 0 Å². The van der Waals surface area contributed by atoms with E-state index < -0.39 is 5.91 Å². The fourth-order valence-electron chi connectivity index (χ4n) is 2.18. The summed E-state index contributed by atoms with van der Waals surface area (Å²) in [6.45, 7) is 4.04. The van der Waals surface area contributed by atoms with Gasteiger partial charge in [0.1, 0.15) is 5.75 Å². The molecule has 24 heavy (non-hydrogen) atoms. The average Bonchev–Trinajstić information content (AvgIpc) is 2.56. The minimum atomic E-state index is -0.479. The number of carbonyl (C=O) groups excluding carboxylic acids is 2. The van der Waals surface area contributed by atoms with Gasteiger partial charge in [-0.05, 0) is 54.8 Å². The summed E-state index contributed by atoms with van der Waals surface area (Å²) in [7, 11) is 0. The molecule has 0 spiro atoms. The minimum Gasteiger partial charge on any atom is -0.484 e. The van der Waals surface area contributed by atoms with Crippen molar-refractivity contribution in [2.45, 2.75) is 20.4 Å². The third-order valence-electron chi connectivity index (χ3n) is 3.51. The van der Waals surface area contributed by atoms with E-state index in [4.69, 9.17) is 22.1 Å². The van der Waals surface area contributed by atoms with Crippen molar-refractivity contribution in [1.82, 2.24) is 5.32 Å². The third kappa shape index (κ3) is 4.73. The van der Waals surface area contributed by atoms with Crippen LogP contribution in [-0.4, -0.2) is 18.4 Å². The van der Waals surface area contributed by atoms with E-state index in [1.807, 2.05) is 13.8 Å². The second-order valence-electron chi connectivity index (χ2n) is 5.50. The second kappa shape index (κ2) is 7.84. The van der Waals surface area contributed by atoms with Gasteiger partial charge in [-0.3, -0.25) is 9.59 Å². The summed E-state index contributed by atoms with van der Waals surface area (Å²) < 4.78 is 5.49. The van der Waals surface area contributed by atoms with Crippen LogP contribution in [0.4, 0.5) is 0 Å². The molecule has 2 amide bonds. The molecular weight excluding hydrogens is 328 g/mol. The Morgan fingerprint density at radius 1 is 1.12 bits per heavy atom. The molecule has 0 bridgehead atoms. The number of primary amides is 1. The zero-order valence-electron chi connectivity index (χ0n) is 13.6. The van der Waals surface area contributed by atoms with Crippen molar-refractivity contribution >= 4 is 23.4 Å². The fraction of sp³-hybridized carbons (Fsp3) is 0.222. The van der Waals surface area contributed by atoms with Crippen molar-refractivity contribution in [1.29, 1.82) is 0 Å². The van der Waals surface area contributed by atoms with Gasteiger partial charge in [0.05, 0.1) is 0 Å². The van der Waals surface area contributed by atoms with Gasteiger partial charge in [-0.25, -0.2) is 0 Å². The molecule has 0 saturated carbocycles. The minimum absolute atomic E-state index is 0.0835. The smallest absolute Gasteiger partial charge is 0.258 e. The lowest BCUT2D eigenvalue weighted by Crippen LogP contribution is -2.28.